The summed E-state index contributed by atoms with van der Waals surface area (Å²) in [5.74, 6) is 0. The lowest BCUT2D eigenvalue weighted by atomic mass is 10.0. The molecule has 114 valence electrons. The van der Waals surface area contributed by atoms with Gasteiger partial charge in [-0.05, 0) is 60.8 Å². The number of hydrogen-bond donors (Lipinski definition) is 1. The van der Waals surface area contributed by atoms with E-state index in [2.05, 4.69) is 46.9 Å². The van der Waals surface area contributed by atoms with Gasteiger partial charge in [-0.25, -0.2) is 0 Å². The van der Waals surface area contributed by atoms with Gasteiger partial charge in [-0.2, -0.15) is 0 Å². The normalized spacial score (nSPS) is 22.9. The largest absolute Gasteiger partial charge is 0.377 e. The molecule has 3 nitrogen and oxygen atoms in total. The highest BCUT2D eigenvalue weighted by atomic mass is 79.9. The maximum atomic E-state index is 6.37. The van der Waals surface area contributed by atoms with E-state index in [0.717, 1.165) is 19.6 Å². The van der Waals surface area contributed by atoms with Crippen LogP contribution in [-0.4, -0.2) is 37.2 Å². The predicted molar refractivity (Wildman–Crippen MR) is 89.2 cm³/mol. The van der Waals surface area contributed by atoms with Crippen molar-refractivity contribution in [3.63, 3.8) is 0 Å². The Hall–Kier alpha value is 0.0600. The van der Waals surface area contributed by atoms with Crippen LogP contribution in [-0.2, 0) is 4.74 Å². The summed E-state index contributed by atoms with van der Waals surface area (Å²) in [6, 6.07) is 4.74. The number of ether oxygens (including phenoxy) is 1. The second-order valence-corrected chi connectivity index (χ2v) is 8.08. The van der Waals surface area contributed by atoms with Crippen LogP contribution >= 0.6 is 27.3 Å². The molecular weight excluding hydrogens is 336 g/mol. The molecule has 3 atom stereocenters. The van der Waals surface area contributed by atoms with Gasteiger partial charge in [-0.15, -0.1) is 11.3 Å². The number of halogens is 1. The van der Waals surface area contributed by atoms with Gasteiger partial charge in [0.25, 0.3) is 0 Å². The Morgan fingerprint density at radius 2 is 2.30 bits per heavy atom. The second-order valence-electron chi connectivity index (χ2n) is 5.59. The molecule has 0 radical (unpaired) electrons. The van der Waals surface area contributed by atoms with Crippen molar-refractivity contribution in [3.8, 4) is 0 Å². The molecule has 1 fully saturated rings. The average Bonchev–Trinajstić information content (AvgIpc) is 2.86. The highest BCUT2D eigenvalue weighted by molar-refractivity contribution is 9.11. The van der Waals surface area contributed by atoms with Gasteiger partial charge in [0, 0.05) is 24.1 Å². The van der Waals surface area contributed by atoms with E-state index >= 15 is 0 Å². The monoisotopic (exact) mass is 360 g/mol. The van der Waals surface area contributed by atoms with Crippen LogP contribution in [0, 0.1) is 0 Å². The summed E-state index contributed by atoms with van der Waals surface area (Å²) in [6.45, 7) is 4.03. The molecule has 1 saturated heterocycles. The fourth-order valence-corrected chi connectivity index (χ4v) is 4.52. The molecule has 2 N–H and O–H groups in total. The van der Waals surface area contributed by atoms with Crippen molar-refractivity contribution in [1.82, 2.24) is 4.90 Å². The van der Waals surface area contributed by atoms with E-state index < -0.39 is 0 Å². The molecular formula is C15H25BrN2OS. The van der Waals surface area contributed by atoms with Crippen LogP contribution in [0.1, 0.15) is 43.5 Å². The van der Waals surface area contributed by atoms with Crippen molar-refractivity contribution in [1.29, 1.82) is 0 Å². The summed E-state index contributed by atoms with van der Waals surface area (Å²) in [5.41, 5.74) is 6.37. The van der Waals surface area contributed by atoms with Crippen LogP contribution in [0.2, 0.25) is 0 Å². The molecule has 3 unspecified atom stereocenters. The Balaban J connectivity index is 2.05. The molecule has 1 aliphatic rings. The van der Waals surface area contributed by atoms with Crippen molar-refractivity contribution in [2.75, 3.05) is 20.2 Å². The zero-order valence-corrected chi connectivity index (χ0v) is 14.8. The van der Waals surface area contributed by atoms with E-state index in [1.807, 2.05) is 0 Å². The fourth-order valence-electron chi connectivity index (χ4n) is 2.85. The predicted octanol–water partition coefficient (Wildman–Crippen LogP) is 3.79. The topological polar surface area (TPSA) is 38.5 Å². The van der Waals surface area contributed by atoms with Gasteiger partial charge in [0.2, 0.25) is 0 Å². The Kier molecular flexibility index (Phi) is 6.49. The maximum absolute atomic E-state index is 6.37. The van der Waals surface area contributed by atoms with Gasteiger partial charge in [0.1, 0.15) is 0 Å². The summed E-state index contributed by atoms with van der Waals surface area (Å²) in [6.07, 6.45) is 5.01. The first-order valence-electron chi connectivity index (χ1n) is 7.44. The van der Waals surface area contributed by atoms with Gasteiger partial charge in [0.15, 0.2) is 0 Å². The first-order chi connectivity index (χ1) is 9.61. The minimum Gasteiger partial charge on any atom is -0.377 e. The zero-order chi connectivity index (χ0) is 14.5. The van der Waals surface area contributed by atoms with E-state index in [1.54, 1.807) is 11.3 Å². The molecule has 1 aliphatic heterocycles. The molecule has 20 heavy (non-hydrogen) atoms. The SMILES string of the molecule is CCC(N)C(c1ccc(Br)s1)N(C)CC1CCCCO1. The van der Waals surface area contributed by atoms with Crippen LogP contribution in [0.5, 0.6) is 0 Å². The number of rotatable bonds is 6. The molecule has 0 bridgehead atoms. The molecule has 1 aromatic heterocycles. The lowest BCUT2D eigenvalue weighted by Gasteiger charge is -2.35. The Morgan fingerprint density at radius 1 is 1.50 bits per heavy atom. The van der Waals surface area contributed by atoms with Crippen LogP contribution in [0.15, 0.2) is 15.9 Å². The third-order valence-electron chi connectivity index (χ3n) is 4.00. The standard InChI is InChI=1S/C15H25BrN2OS/c1-3-12(17)15(13-7-8-14(16)20-13)18(2)10-11-6-4-5-9-19-11/h7-8,11-12,15H,3-6,9-10,17H2,1-2H3. The number of nitrogens with zero attached hydrogens (tertiary/aromatic N) is 1. The number of likely N-dealkylation sites (N-methyl/N-ethyl adjacent to an activating group) is 1. The van der Waals surface area contributed by atoms with E-state index in [4.69, 9.17) is 10.5 Å². The summed E-state index contributed by atoms with van der Waals surface area (Å²) in [7, 11) is 2.17. The van der Waals surface area contributed by atoms with Gasteiger partial charge >= 0.3 is 0 Å². The third-order valence-corrected chi connectivity index (χ3v) is 5.70. The van der Waals surface area contributed by atoms with Crippen LogP contribution < -0.4 is 5.73 Å². The molecule has 1 aromatic rings. The molecule has 0 aliphatic carbocycles. The first-order valence-corrected chi connectivity index (χ1v) is 9.05. The molecule has 2 heterocycles. The quantitative estimate of drug-likeness (QED) is 0.838. The lowest BCUT2D eigenvalue weighted by molar-refractivity contribution is -0.0101. The van der Waals surface area contributed by atoms with E-state index in [-0.39, 0.29) is 12.1 Å². The number of hydrogen-bond acceptors (Lipinski definition) is 4. The minimum atomic E-state index is 0.161. The zero-order valence-electron chi connectivity index (χ0n) is 12.3. The molecule has 0 amide bonds. The fraction of sp³-hybridized carbons (Fsp3) is 0.733. The van der Waals surface area contributed by atoms with E-state index in [1.165, 1.54) is 27.9 Å². The summed E-state index contributed by atoms with van der Waals surface area (Å²) in [5, 5.41) is 0. The lowest BCUT2D eigenvalue weighted by Crippen LogP contribution is -2.42. The van der Waals surface area contributed by atoms with Gasteiger partial charge in [0.05, 0.1) is 15.9 Å². The molecule has 0 spiro atoms. The van der Waals surface area contributed by atoms with Gasteiger partial charge in [-0.1, -0.05) is 6.92 Å². The Labute approximate surface area is 134 Å². The minimum absolute atomic E-state index is 0.161. The van der Waals surface area contributed by atoms with E-state index in [9.17, 15) is 0 Å². The summed E-state index contributed by atoms with van der Waals surface area (Å²) < 4.78 is 7.03. The molecule has 5 heteroatoms. The van der Waals surface area contributed by atoms with Crippen molar-refractivity contribution in [3.05, 3.63) is 20.8 Å². The highest BCUT2D eigenvalue weighted by Gasteiger charge is 2.27. The van der Waals surface area contributed by atoms with Gasteiger partial charge < -0.3 is 10.5 Å². The number of thiophene rings is 1. The summed E-state index contributed by atoms with van der Waals surface area (Å²) >= 11 is 5.34. The first kappa shape index (κ1) is 16.4. The average molecular weight is 361 g/mol. The Bertz CT molecular complexity index is 406. The highest BCUT2D eigenvalue weighted by Crippen LogP contribution is 2.33. The second kappa shape index (κ2) is 7.90. The smallest absolute Gasteiger partial charge is 0.0702 e. The molecule has 0 saturated carbocycles. The summed E-state index contributed by atoms with van der Waals surface area (Å²) in [4.78, 5) is 3.71. The van der Waals surface area contributed by atoms with Crippen LogP contribution in [0.25, 0.3) is 0 Å². The van der Waals surface area contributed by atoms with Crippen molar-refractivity contribution in [2.24, 2.45) is 5.73 Å². The van der Waals surface area contributed by atoms with E-state index in [0.29, 0.717) is 6.10 Å². The Morgan fingerprint density at radius 3 is 2.85 bits per heavy atom. The van der Waals surface area contributed by atoms with Gasteiger partial charge in [-0.3, -0.25) is 4.90 Å². The van der Waals surface area contributed by atoms with Crippen LogP contribution in [0.4, 0.5) is 0 Å². The maximum Gasteiger partial charge on any atom is 0.0702 e. The third kappa shape index (κ3) is 4.28. The molecule has 2 rings (SSSR count). The van der Waals surface area contributed by atoms with Crippen molar-refractivity contribution < 1.29 is 4.74 Å². The van der Waals surface area contributed by atoms with Crippen molar-refractivity contribution >= 4 is 27.3 Å². The van der Waals surface area contributed by atoms with Crippen LogP contribution in [0.3, 0.4) is 0 Å². The number of nitrogens with two attached hydrogens (primary N) is 1. The molecule has 0 aromatic carbocycles. The van der Waals surface area contributed by atoms with Crippen molar-refractivity contribution in [2.45, 2.75) is 50.8 Å².